The number of nitrogens with one attached hydrogen (secondary N) is 1. The summed E-state index contributed by atoms with van der Waals surface area (Å²) in [6.07, 6.45) is 3.86. The normalized spacial score (nSPS) is 23.2. The first-order valence-electron chi connectivity index (χ1n) is 7.05. The molecule has 20 heavy (non-hydrogen) atoms. The zero-order chi connectivity index (χ0) is 14.5. The molecular weight excluding hydrogens is 254 g/mol. The van der Waals surface area contributed by atoms with E-state index in [-0.39, 0.29) is 28.6 Å². The molecule has 0 radical (unpaired) electrons. The van der Waals surface area contributed by atoms with Crippen LogP contribution in [0.15, 0.2) is 24.3 Å². The summed E-state index contributed by atoms with van der Waals surface area (Å²) in [7, 11) is 0. The number of nitrogens with zero attached hydrogens (tertiary/aromatic N) is 2. The summed E-state index contributed by atoms with van der Waals surface area (Å²) < 4.78 is 0. The molecule has 1 saturated carbocycles. The molecule has 0 amide bonds. The summed E-state index contributed by atoms with van der Waals surface area (Å²) in [5, 5.41) is 23.5. The summed E-state index contributed by atoms with van der Waals surface area (Å²) in [6, 6.07) is 9.37. The lowest BCUT2D eigenvalue weighted by atomic mass is 9.99. The van der Waals surface area contributed by atoms with Crippen molar-refractivity contribution in [2.45, 2.75) is 44.7 Å². The van der Waals surface area contributed by atoms with Crippen LogP contribution in [-0.2, 0) is 0 Å². The van der Waals surface area contributed by atoms with Crippen molar-refractivity contribution in [2.24, 2.45) is 5.92 Å². The maximum atomic E-state index is 10.8. The van der Waals surface area contributed by atoms with Crippen LogP contribution in [0.25, 0.3) is 0 Å². The third-order valence-electron chi connectivity index (χ3n) is 3.99. The second kappa shape index (κ2) is 6.49. The van der Waals surface area contributed by atoms with Gasteiger partial charge in [-0.1, -0.05) is 25.5 Å². The van der Waals surface area contributed by atoms with E-state index in [1.165, 1.54) is 6.07 Å². The standard InChI is InChI=1S/C15H19N3O2/c1-2-14(17-15-8-4-6-12(15)10-16)11-5-3-7-13(9-11)18(19)20/h3,5,7,9,12,14-15,17H,2,4,6,8H2,1H3. The zero-order valence-electron chi connectivity index (χ0n) is 11.6. The maximum Gasteiger partial charge on any atom is 0.269 e. The van der Waals surface area contributed by atoms with Crippen LogP contribution in [0.1, 0.15) is 44.2 Å². The molecule has 1 aliphatic carbocycles. The Balaban J connectivity index is 2.14. The summed E-state index contributed by atoms with van der Waals surface area (Å²) in [6.45, 7) is 2.05. The topological polar surface area (TPSA) is 79.0 Å². The second-order valence-electron chi connectivity index (χ2n) is 5.25. The highest BCUT2D eigenvalue weighted by molar-refractivity contribution is 5.35. The average molecular weight is 273 g/mol. The number of nitro groups is 1. The van der Waals surface area contributed by atoms with Crippen molar-refractivity contribution in [3.63, 3.8) is 0 Å². The van der Waals surface area contributed by atoms with Crippen LogP contribution >= 0.6 is 0 Å². The van der Waals surface area contributed by atoms with Gasteiger partial charge in [0.2, 0.25) is 0 Å². The molecule has 1 aromatic carbocycles. The fraction of sp³-hybridized carbons (Fsp3) is 0.533. The molecule has 1 aromatic rings. The van der Waals surface area contributed by atoms with Crippen LogP contribution < -0.4 is 5.32 Å². The number of hydrogen-bond donors (Lipinski definition) is 1. The highest BCUT2D eigenvalue weighted by Crippen LogP contribution is 2.29. The Labute approximate surface area is 118 Å². The Morgan fingerprint density at radius 2 is 2.35 bits per heavy atom. The molecule has 0 heterocycles. The Morgan fingerprint density at radius 1 is 1.55 bits per heavy atom. The van der Waals surface area contributed by atoms with Gasteiger partial charge in [0, 0.05) is 24.2 Å². The van der Waals surface area contributed by atoms with Crippen LogP contribution in [-0.4, -0.2) is 11.0 Å². The largest absolute Gasteiger partial charge is 0.306 e. The van der Waals surface area contributed by atoms with Crippen molar-refractivity contribution in [2.75, 3.05) is 0 Å². The monoisotopic (exact) mass is 273 g/mol. The van der Waals surface area contributed by atoms with Crippen LogP contribution in [0.4, 0.5) is 5.69 Å². The Bertz CT molecular complexity index is 524. The lowest BCUT2D eigenvalue weighted by molar-refractivity contribution is -0.384. The number of rotatable bonds is 5. The van der Waals surface area contributed by atoms with Crippen LogP contribution in [0.5, 0.6) is 0 Å². The van der Waals surface area contributed by atoms with E-state index >= 15 is 0 Å². The number of benzene rings is 1. The quantitative estimate of drug-likeness (QED) is 0.659. The van der Waals surface area contributed by atoms with Gasteiger partial charge >= 0.3 is 0 Å². The summed E-state index contributed by atoms with van der Waals surface area (Å²) in [5.74, 6) is 0.0581. The van der Waals surface area contributed by atoms with Crippen molar-refractivity contribution >= 4 is 5.69 Å². The van der Waals surface area contributed by atoms with Crippen molar-refractivity contribution in [1.29, 1.82) is 5.26 Å². The molecule has 0 aliphatic heterocycles. The summed E-state index contributed by atoms with van der Waals surface area (Å²) >= 11 is 0. The molecule has 106 valence electrons. The molecule has 0 spiro atoms. The number of nitro benzene ring substituents is 1. The van der Waals surface area contributed by atoms with E-state index in [4.69, 9.17) is 5.26 Å². The fourth-order valence-corrected chi connectivity index (χ4v) is 2.88. The van der Waals surface area contributed by atoms with Gasteiger partial charge in [0.15, 0.2) is 0 Å². The van der Waals surface area contributed by atoms with Gasteiger partial charge in [0.25, 0.3) is 5.69 Å². The van der Waals surface area contributed by atoms with Crippen molar-refractivity contribution < 1.29 is 4.92 Å². The first kappa shape index (κ1) is 14.5. The van der Waals surface area contributed by atoms with Crippen LogP contribution in [0, 0.1) is 27.4 Å². The Kier molecular flexibility index (Phi) is 4.70. The van der Waals surface area contributed by atoms with E-state index in [0.29, 0.717) is 0 Å². The lowest BCUT2D eigenvalue weighted by Crippen LogP contribution is -2.34. The first-order valence-corrected chi connectivity index (χ1v) is 7.05. The van der Waals surface area contributed by atoms with E-state index in [9.17, 15) is 10.1 Å². The van der Waals surface area contributed by atoms with E-state index in [0.717, 1.165) is 31.2 Å². The number of nitriles is 1. The van der Waals surface area contributed by atoms with Crippen LogP contribution in [0.3, 0.4) is 0 Å². The van der Waals surface area contributed by atoms with Crippen molar-refractivity contribution in [1.82, 2.24) is 5.32 Å². The summed E-state index contributed by atoms with van der Waals surface area (Å²) in [5.41, 5.74) is 1.04. The molecule has 5 nitrogen and oxygen atoms in total. The number of hydrogen-bond acceptors (Lipinski definition) is 4. The van der Waals surface area contributed by atoms with Gasteiger partial charge in [0.1, 0.15) is 0 Å². The van der Waals surface area contributed by atoms with Crippen molar-refractivity contribution in [3.8, 4) is 6.07 Å². The van der Waals surface area contributed by atoms with Gasteiger partial charge in [-0.2, -0.15) is 5.26 Å². The van der Waals surface area contributed by atoms with Crippen molar-refractivity contribution in [3.05, 3.63) is 39.9 Å². The second-order valence-corrected chi connectivity index (χ2v) is 5.25. The minimum Gasteiger partial charge on any atom is -0.306 e. The SMILES string of the molecule is CCC(NC1CCCC1C#N)c1cccc([N+](=O)[O-])c1. The molecular formula is C15H19N3O2. The van der Waals surface area contributed by atoms with Gasteiger partial charge in [-0.25, -0.2) is 0 Å². The molecule has 2 rings (SSSR count). The fourth-order valence-electron chi connectivity index (χ4n) is 2.88. The molecule has 1 fully saturated rings. The minimum atomic E-state index is -0.371. The summed E-state index contributed by atoms with van der Waals surface area (Å²) in [4.78, 5) is 10.5. The zero-order valence-corrected chi connectivity index (χ0v) is 11.6. The van der Waals surface area contributed by atoms with Gasteiger partial charge in [-0.3, -0.25) is 10.1 Å². The van der Waals surface area contributed by atoms with Gasteiger partial charge in [0.05, 0.1) is 16.9 Å². The Hall–Kier alpha value is -1.93. The number of non-ortho nitro benzene ring substituents is 1. The highest BCUT2D eigenvalue weighted by Gasteiger charge is 2.29. The lowest BCUT2D eigenvalue weighted by Gasteiger charge is -2.24. The van der Waals surface area contributed by atoms with Crippen LogP contribution in [0.2, 0.25) is 0 Å². The van der Waals surface area contributed by atoms with E-state index in [2.05, 4.69) is 11.4 Å². The molecule has 0 saturated heterocycles. The van der Waals surface area contributed by atoms with E-state index < -0.39 is 0 Å². The third kappa shape index (κ3) is 3.14. The third-order valence-corrected chi connectivity index (χ3v) is 3.99. The van der Waals surface area contributed by atoms with E-state index in [1.807, 2.05) is 13.0 Å². The molecule has 3 unspecified atom stereocenters. The molecule has 1 N–H and O–H groups in total. The van der Waals surface area contributed by atoms with Gasteiger partial charge < -0.3 is 5.32 Å². The smallest absolute Gasteiger partial charge is 0.269 e. The van der Waals surface area contributed by atoms with E-state index in [1.54, 1.807) is 12.1 Å². The average Bonchev–Trinajstić information content (AvgIpc) is 2.92. The van der Waals surface area contributed by atoms with Gasteiger partial charge in [-0.05, 0) is 24.8 Å². The molecule has 3 atom stereocenters. The Morgan fingerprint density at radius 3 is 3.00 bits per heavy atom. The maximum absolute atomic E-state index is 10.8. The molecule has 5 heteroatoms. The molecule has 0 aromatic heterocycles. The predicted molar refractivity (Wildman–Crippen MR) is 76.0 cm³/mol. The molecule has 1 aliphatic rings. The predicted octanol–water partition coefficient (Wildman–Crippen LogP) is 3.33. The first-order chi connectivity index (χ1) is 9.65. The highest BCUT2D eigenvalue weighted by atomic mass is 16.6. The van der Waals surface area contributed by atoms with Gasteiger partial charge in [-0.15, -0.1) is 0 Å². The minimum absolute atomic E-state index is 0.0581. The molecule has 0 bridgehead atoms.